The molecule has 0 radical (unpaired) electrons. The highest BCUT2D eigenvalue weighted by molar-refractivity contribution is 9.10. The molecule has 3 aromatic rings. The van der Waals surface area contributed by atoms with Gasteiger partial charge in [0.15, 0.2) is 0 Å². The molecule has 2 aliphatic heterocycles. The number of ether oxygens (including phenoxy) is 3. The Kier molecular flexibility index (Phi) is 8.16. The van der Waals surface area contributed by atoms with E-state index in [1.165, 1.54) is 11.8 Å². The van der Waals surface area contributed by atoms with Crippen molar-refractivity contribution in [2.75, 3.05) is 32.2 Å². The van der Waals surface area contributed by atoms with Gasteiger partial charge in [0.1, 0.15) is 29.7 Å². The molecule has 204 valence electrons. The van der Waals surface area contributed by atoms with Crippen molar-refractivity contribution in [1.82, 2.24) is 20.6 Å². The van der Waals surface area contributed by atoms with Crippen LogP contribution in [0.2, 0.25) is 0 Å². The van der Waals surface area contributed by atoms with Gasteiger partial charge < -0.3 is 29.7 Å². The molecule has 2 aromatic carbocycles. The molecule has 5 rings (SSSR count). The van der Waals surface area contributed by atoms with Crippen molar-refractivity contribution < 1.29 is 23.8 Å². The van der Waals surface area contributed by atoms with Crippen LogP contribution in [0.25, 0.3) is 0 Å². The van der Waals surface area contributed by atoms with Gasteiger partial charge in [-0.05, 0) is 67.6 Å². The van der Waals surface area contributed by atoms with Crippen molar-refractivity contribution in [2.24, 2.45) is 0 Å². The Morgan fingerprint density at radius 2 is 2.05 bits per heavy atom. The van der Waals surface area contributed by atoms with E-state index in [4.69, 9.17) is 14.2 Å². The first-order chi connectivity index (χ1) is 19.0. The van der Waals surface area contributed by atoms with E-state index >= 15 is 0 Å². The van der Waals surface area contributed by atoms with Crippen molar-refractivity contribution >= 4 is 39.4 Å². The SMILES string of the molecule is COc1ccc(OC)c(COc2nc(N3CCc4cc(Br)ccc43)ncc2C(=O)NC2CCCCNC2=O)c1. The van der Waals surface area contributed by atoms with E-state index in [0.29, 0.717) is 37.0 Å². The second kappa shape index (κ2) is 11.9. The molecule has 0 saturated carbocycles. The Morgan fingerprint density at radius 1 is 1.18 bits per heavy atom. The first kappa shape index (κ1) is 26.7. The number of fused-ring (bicyclic) bond motifs is 1. The highest BCUT2D eigenvalue weighted by Gasteiger charge is 2.28. The van der Waals surface area contributed by atoms with Crippen LogP contribution in [0, 0.1) is 0 Å². The Bertz CT molecular complexity index is 1380. The number of anilines is 2. The molecule has 1 aromatic heterocycles. The molecular weight excluding hydrogens is 566 g/mol. The van der Waals surface area contributed by atoms with Crippen LogP contribution >= 0.6 is 15.9 Å². The third-order valence-electron chi connectivity index (χ3n) is 6.86. The third-order valence-corrected chi connectivity index (χ3v) is 7.35. The maximum Gasteiger partial charge on any atom is 0.259 e. The number of rotatable bonds is 8. The lowest BCUT2D eigenvalue weighted by atomic mass is 10.1. The van der Waals surface area contributed by atoms with Gasteiger partial charge in [0, 0.05) is 35.0 Å². The largest absolute Gasteiger partial charge is 0.497 e. The van der Waals surface area contributed by atoms with Crippen LogP contribution in [-0.4, -0.2) is 55.1 Å². The van der Waals surface area contributed by atoms with Gasteiger partial charge in [-0.3, -0.25) is 9.59 Å². The molecule has 2 aliphatic rings. The smallest absolute Gasteiger partial charge is 0.259 e. The van der Waals surface area contributed by atoms with Crippen LogP contribution in [0.5, 0.6) is 17.4 Å². The molecule has 2 N–H and O–H groups in total. The highest BCUT2D eigenvalue weighted by Crippen LogP contribution is 2.35. The Hall–Kier alpha value is -3.86. The van der Waals surface area contributed by atoms with Gasteiger partial charge >= 0.3 is 0 Å². The normalized spacial score (nSPS) is 16.6. The second-order valence-electron chi connectivity index (χ2n) is 9.34. The van der Waals surface area contributed by atoms with Gasteiger partial charge in [-0.15, -0.1) is 0 Å². The summed E-state index contributed by atoms with van der Waals surface area (Å²) in [6, 6.07) is 10.8. The fourth-order valence-corrected chi connectivity index (χ4v) is 5.19. The fraction of sp³-hybridized carbons (Fsp3) is 0.357. The van der Waals surface area contributed by atoms with Crippen LogP contribution in [0.4, 0.5) is 11.6 Å². The van der Waals surface area contributed by atoms with Gasteiger partial charge in [-0.25, -0.2) is 4.98 Å². The summed E-state index contributed by atoms with van der Waals surface area (Å²) in [6.45, 7) is 1.38. The molecule has 1 fully saturated rings. The number of halogens is 1. The topological polar surface area (TPSA) is 115 Å². The zero-order chi connectivity index (χ0) is 27.4. The third kappa shape index (κ3) is 5.93. The number of amides is 2. The maximum absolute atomic E-state index is 13.4. The molecule has 0 spiro atoms. The van der Waals surface area contributed by atoms with Gasteiger partial charge in [-0.2, -0.15) is 4.98 Å². The second-order valence-corrected chi connectivity index (χ2v) is 10.3. The van der Waals surface area contributed by atoms with E-state index in [1.807, 2.05) is 23.1 Å². The van der Waals surface area contributed by atoms with E-state index < -0.39 is 11.9 Å². The van der Waals surface area contributed by atoms with Gasteiger partial charge in [-0.1, -0.05) is 15.9 Å². The minimum atomic E-state index is -0.630. The standard InChI is InChI=1S/C28H30BrN5O5/c1-37-20-7-9-24(38-2)18(14-20)16-39-27-21(25(35)32-22-5-3-4-11-30-26(22)36)15-31-28(33-27)34-12-10-17-13-19(29)6-8-23(17)34/h6-9,13-15,22H,3-5,10-12,16H2,1-2H3,(H,30,36)(H,32,35). The number of nitrogens with zero attached hydrogens (tertiary/aromatic N) is 3. The van der Waals surface area contributed by atoms with Gasteiger partial charge in [0.25, 0.3) is 5.91 Å². The molecule has 0 aliphatic carbocycles. The summed E-state index contributed by atoms with van der Waals surface area (Å²) in [7, 11) is 3.16. The maximum atomic E-state index is 13.4. The molecule has 1 saturated heterocycles. The number of aromatic nitrogens is 2. The predicted molar refractivity (Wildman–Crippen MR) is 149 cm³/mol. The number of hydrogen-bond donors (Lipinski definition) is 2. The quantitative estimate of drug-likeness (QED) is 0.402. The average Bonchev–Trinajstić information content (AvgIpc) is 3.26. The Morgan fingerprint density at radius 3 is 2.87 bits per heavy atom. The molecule has 39 heavy (non-hydrogen) atoms. The Labute approximate surface area is 235 Å². The number of nitrogens with one attached hydrogen (secondary N) is 2. The van der Waals surface area contributed by atoms with Crippen molar-refractivity contribution in [1.29, 1.82) is 0 Å². The van der Waals surface area contributed by atoms with Crippen molar-refractivity contribution in [3.63, 3.8) is 0 Å². The molecule has 1 unspecified atom stereocenters. The summed E-state index contributed by atoms with van der Waals surface area (Å²) < 4.78 is 18.0. The number of hydrogen-bond acceptors (Lipinski definition) is 8. The van der Waals surface area contributed by atoms with E-state index in [0.717, 1.165) is 35.0 Å². The molecular formula is C28H30BrN5O5. The number of carbonyl (C=O) groups is 2. The number of methoxy groups -OCH3 is 2. The van der Waals surface area contributed by atoms with Crippen LogP contribution in [0.3, 0.4) is 0 Å². The summed E-state index contributed by atoms with van der Waals surface area (Å²) in [5.41, 5.74) is 3.06. The molecule has 10 nitrogen and oxygen atoms in total. The summed E-state index contributed by atoms with van der Waals surface area (Å²) in [4.78, 5) is 37.0. The van der Waals surface area contributed by atoms with E-state index in [2.05, 4.69) is 42.6 Å². The summed E-state index contributed by atoms with van der Waals surface area (Å²) in [5.74, 6) is 1.14. The Balaban J connectivity index is 1.46. The predicted octanol–water partition coefficient (Wildman–Crippen LogP) is 3.93. The summed E-state index contributed by atoms with van der Waals surface area (Å²) in [5, 5.41) is 5.68. The zero-order valence-electron chi connectivity index (χ0n) is 21.8. The van der Waals surface area contributed by atoms with Crippen LogP contribution in [0.1, 0.15) is 40.7 Å². The molecule has 1 atom stereocenters. The summed E-state index contributed by atoms with van der Waals surface area (Å²) in [6.07, 6.45) is 4.58. The summed E-state index contributed by atoms with van der Waals surface area (Å²) >= 11 is 3.53. The zero-order valence-corrected chi connectivity index (χ0v) is 23.4. The lowest BCUT2D eigenvalue weighted by Crippen LogP contribution is -2.45. The first-order valence-electron chi connectivity index (χ1n) is 12.8. The molecule has 3 heterocycles. The lowest BCUT2D eigenvalue weighted by molar-refractivity contribution is -0.122. The van der Waals surface area contributed by atoms with E-state index in [-0.39, 0.29) is 24.0 Å². The van der Waals surface area contributed by atoms with Crippen LogP contribution in [-0.2, 0) is 17.8 Å². The van der Waals surface area contributed by atoms with Gasteiger partial charge in [0.2, 0.25) is 17.7 Å². The van der Waals surface area contributed by atoms with Crippen molar-refractivity contribution in [3.8, 4) is 17.4 Å². The molecule has 0 bridgehead atoms. The van der Waals surface area contributed by atoms with E-state index in [1.54, 1.807) is 26.4 Å². The lowest BCUT2D eigenvalue weighted by Gasteiger charge is -2.20. The minimum Gasteiger partial charge on any atom is -0.497 e. The fourth-order valence-electron chi connectivity index (χ4n) is 4.79. The number of benzene rings is 2. The highest BCUT2D eigenvalue weighted by atomic mass is 79.9. The van der Waals surface area contributed by atoms with Crippen LogP contribution < -0.4 is 29.7 Å². The van der Waals surface area contributed by atoms with Crippen LogP contribution in [0.15, 0.2) is 47.1 Å². The van der Waals surface area contributed by atoms with Crippen molar-refractivity contribution in [3.05, 3.63) is 63.8 Å². The minimum absolute atomic E-state index is 0.0740. The first-order valence-corrected chi connectivity index (χ1v) is 13.6. The average molecular weight is 596 g/mol. The van der Waals surface area contributed by atoms with Crippen molar-refractivity contribution in [2.45, 2.75) is 38.3 Å². The monoisotopic (exact) mass is 595 g/mol. The van der Waals surface area contributed by atoms with Gasteiger partial charge in [0.05, 0.1) is 14.2 Å². The number of carbonyl (C=O) groups excluding carboxylic acids is 2. The molecule has 2 amide bonds. The molecule has 11 heteroatoms. The van der Waals surface area contributed by atoms with E-state index in [9.17, 15) is 9.59 Å².